The molecule has 0 aliphatic heterocycles. The van der Waals surface area contributed by atoms with Crippen molar-refractivity contribution in [3.8, 4) is 0 Å². The van der Waals surface area contributed by atoms with Crippen LogP contribution in [0.2, 0.25) is 5.02 Å². The van der Waals surface area contributed by atoms with Crippen molar-refractivity contribution in [3.63, 3.8) is 0 Å². The summed E-state index contributed by atoms with van der Waals surface area (Å²) in [6, 6.07) is 5.87. The first-order valence-corrected chi connectivity index (χ1v) is 7.75. The molecule has 4 heteroatoms. The number of rotatable bonds is 5. The Balaban J connectivity index is 2.53. The zero-order chi connectivity index (χ0) is 14.6. The summed E-state index contributed by atoms with van der Waals surface area (Å²) in [5, 5.41) is 0.736. The van der Waals surface area contributed by atoms with Gasteiger partial charge in [-0.15, -0.1) is 0 Å². The molecule has 1 aromatic rings. The summed E-state index contributed by atoms with van der Waals surface area (Å²) >= 11 is 9.63. The van der Waals surface area contributed by atoms with Gasteiger partial charge in [0, 0.05) is 22.1 Å². The van der Waals surface area contributed by atoms with E-state index in [0.29, 0.717) is 5.41 Å². The normalized spacial score (nSPS) is 13.9. The lowest BCUT2D eigenvalue weighted by atomic mass is 9.96. The zero-order valence-corrected chi connectivity index (χ0v) is 14.6. The summed E-state index contributed by atoms with van der Waals surface area (Å²) in [7, 11) is 2.14. The Morgan fingerprint density at radius 1 is 1.37 bits per heavy atom. The second-order valence-corrected chi connectivity index (χ2v) is 7.68. The molecule has 0 bridgehead atoms. The average Bonchev–Trinajstić information content (AvgIpc) is 2.23. The predicted octanol–water partition coefficient (Wildman–Crippen LogP) is 4.47. The molecule has 0 heterocycles. The van der Waals surface area contributed by atoms with Crippen LogP contribution in [0, 0.1) is 5.41 Å². The minimum atomic E-state index is -0.0111. The van der Waals surface area contributed by atoms with Crippen LogP contribution in [0.15, 0.2) is 22.7 Å². The highest BCUT2D eigenvalue weighted by molar-refractivity contribution is 9.10. The van der Waals surface area contributed by atoms with Gasteiger partial charge < -0.3 is 10.6 Å². The van der Waals surface area contributed by atoms with Crippen molar-refractivity contribution in [2.45, 2.75) is 33.2 Å². The standard InChI is InChI=1S/C15H24BrClN2/c1-15(2,3)10-19(4)8-7-14(18)12-6-5-11(16)9-13(12)17/h5-6,9,14H,7-8,10,18H2,1-4H3. The molecule has 0 fully saturated rings. The summed E-state index contributed by atoms with van der Waals surface area (Å²) in [5.74, 6) is 0. The third kappa shape index (κ3) is 6.26. The lowest BCUT2D eigenvalue weighted by molar-refractivity contribution is 0.221. The summed E-state index contributed by atoms with van der Waals surface area (Å²) in [5.41, 5.74) is 7.57. The van der Waals surface area contributed by atoms with Gasteiger partial charge in [-0.05, 0) is 43.1 Å². The first-order valence-electron chi connectivity index (χ1n) is 6.58. The van der Waals surface area contributed by atoms with E-state index in [1.807, 2.05) is 18.2 Å². The van der Waals surface area contributed by atoms with Gasteiger partial charge >= 0.3 is 0 Å². The molecule has 19 heavy (non-hydrogen) atoms. The van der Waals surface area contributed by atoms with Gasteiger partial charge in [-0.3, -0.25) is 0 Å². The topological polar surface area (TPSA) is 29.3 Å². The Kier molecular flexibility index (Phi) is 6.31. The summed E-state index contributed by atoms with van der Waals surface area (Å²) in [6.07, 6.45) is 0.911. The maximum atomic E-state index is 6.23. The molecule has 0 aromatic heterocycles. The molecule has 1 rings (SSSR count). The molecule has 0 aliphatic rings. The van der Waals surface area contributed by atoms with Crippen LogP contribution in [0.1, 0.15) is 38.8 Å². The Morgan fingerprint density at radius 2 is 2.00 bits per heavy atom. The van der Waals surface area contributed by atoms with E-state index in [9.17, 15) is 0 Å². The van der Waals surface area contributed by atoms with Crippen molar-refractivity contribution in [3.05, 3.63) is 33.3 Å². The smallest absolute Gasteiger partial charge is 0.0464 e. The SMILES string of the molecule is CN(CCC(N)c1ccc(Br)cc1Cl)CC(C)(C)C. The molecule has 0 amide bonds. The van der Waals surface area contributed by atoms with Crippen LogP contribution in [0.3, 0.4) is 0 Å². The predicted molar refractivity (Wildman–Crippen MR) is 87.6 cm³/mol. The molecule has 2 N–H and O–H groups in total. The second kappa shape index (κ2) is 7.07. The monoisotopic (exact) mass is 346 g/mol. The first kappa shape index (κ1) is 17.0. The third-order valence-corrected chi connectivity index (χ3v) is 3.75. The minimum Gasteiger partial charge on any atom is -0.324 e. The van der Waals surface area contributed by atoms with Crippen molar-refractivity contribution < 1.29 is 0 Å². The van der Waals surface area contributed by atoms with Crippen molar-refractivity contribution in [2.24, 2.45) is 11.1 Å². The molecular formula is C15H24BrClN2. The molecule has 1 atom stereocenters. The molecule has 2 nitrogen and oxygen atoms in total. The molecular weight excluding hydrogens is 324 g/mol. The number of benzene rings is 1. The van der Waals surface area contributed by atoms with Gasteiger partial charge in [-0.1, -0.05) is 54.4 Å². The molecule has 0 radical (unpaired) electrons. The first-order chi connectivity index (χ1) is 8.69. The van der Waals surface area contributed by atoms with E-state index < -0.39 is 0 Å². The molecule has 108 valence electrons. The molecule has 0 spiro atoms. The van der Waals surface area contributed by atoms with E-state index >= 15 is 0 Å². The van der Waals surface area contributed by atoms with Crippen LogP contribution in [0.5, 0.6) is 0 Å². The second-order valence-electron chi connectivity index (χ2n) is 6.36. The maximum absolute atomic E-state index is 6.23. The van der Waals surface area contributed by atoms with Gasteiger partial charge in [-0.2, -0.15) is 0 Å². The number of nitrogens with two attached hydrogens (primary N) is 1. The summed E-state index contributed by atoms with van der Waals surface area (Å²) in [4.78, 5) is 2.33. The van der Waals surface area contributed by atoms with Crippen LogP contribution in [0.25, 0.3) is 0 Å². The lowest BCUT2D eigenvalue weighted by Gasteiger charge is -2.27. The Bertz CT molecular complexity index is 415. The van der Waals surface area contributed by atoms with Crippen molar-refractivity contribution >= 4 is 27.5 Å². The van der Waals surface area contributed by atoms with E-state index in [1.54, 1.807) is 0 Å². The highest BCUT2D eigenvalue weighted by Crippen LogP contribution is 2.27. The molecule has 0 aliphatic carbocycles. The number of nitrogens with zero attached hydrogens (tertiary/aromatic N) is 1. The Morgan fingerprint density at radius 3 is 2.53 bits per heavy atom. The fourth-order valence-electron chi connectivity index (χ4n) is 2.21. The van der Waals surface area contributed by atoms with E-state index in [4.69, 9.17) is 17.3 Å². The largest absolute Gasteiger partial charge is 0.324 e. The Hall–Kier alpha value is -0.0900. The number of hydrogen-bond acceptors (Lipinski definition) is 2. The minimum absolute atomic E-state index is 0.0111. The van der Waals surface area contributed by atoms with Crippen molar-refractivity contribution in [1.29, 1.82) is 0 Å². The molecule has 0 saturated heterocycles. The number of hydrogen-bond donors (Lipinski definition) is 1. The van der Waals surface area contributed by atoms with Crippen LogP contribution < -0.4 is 5.73 Å². The lowest BCUT2D eigenvalue weighted by Crippen LogP contribution is -2.31. The maximum Gasteiger partial charge on any atom is 0.0464 e. The van der Waals surface area contributed by atoms with Gasteiger partial charge in [0.15, 0.2) is 0 Å². The van der Waals surface area contributed by atoms with Crippen LogP contribution in [-0.2, 0) is 0 Å². The van der Waals surface area contributed by atoms with Crippen LogP contribution >= 0.6 is 27.5 Å². The average molecular weight is 348 g/mol. The van der Waals surface area contributed by atoms with E-state index in [1.165, 1.54) is 0 Å². The Labute approximate surface area is 130 Å². The zero-order valence-electron chi connectivity index (χ0n) is 12.2. The van der Waals surface area contributed by atoms with Crippen molar-refractivity contribution in [2.75, 3.05) is 20.1 Å². The van der Waals surface area contributed by atoms with E-state index in [-0.39, 0.29) is 6.04 Å². The molecule has 0 saturated carbocycles. The van der Waals surface area contributed by atoms with Gasteiger partial charge in [-0.25, -0.2) is 0 Å². The van der Waals surface area contributed by atoms with Crippen LogP contribution in [-0.4, -0.2) is 25.0 Å². The highest BCUT2D eigenvalue weighted by atomic mass is 79.9. The van der Waals surface area contributed by atoms with Gasteiger partial charge in [0.1, 0.15) is 0 Å². The van der Waals surface area contributed by atoms with Gasteiger partial charge in [0.25, 0.3) is 0 Å². The number of halogens is 2. The summed E-state index contributed by atoms with van der Waals surface area (Å²) in [6.45, 7) is 8.78. The molecule has 1 aromatic carbocycles. The highest BCUT2D eigenvalue weighted by Gasteiger charge is 2.15. The van der Waals surface area contributed by atoms with E-state index in [2.05, 4.69) is 48.6 Å². The van der Waals surface area contributed by atoms with Gasteiger partial charge in [0.2, 0.25) is 0 Å². The van der Waals surface area contributed by atoms with E-state index in [0.717, 1.165) is 34.6 Å². The fourth-order valence-corrected chi connectivity index (χ4v) is 3.02. The van der Waals surface area contributed by atoms with Crippen molar-refractivity contribution in [1.82, 2.24) is 4.90 Å². The summed E-state index contributed by atoms with van der Waals surface area (Å²) < 4.78 is 0.985. The third-order valence-electron chi connectivity index (χ3n) is 2.93. The quantitative estimate of drug-likeness (QED) is 0.851. The van der Waals surface area contributed by atoms with Gasteiger partial charge in [0.05, 0.1) is 0 Å². The fraction of sp³-hybridized carbons (Fsp3) is 0.600. The van der Waals surface area contributed by atoms with Crippen LogP contribution in [0.4, 0.5) is 0 Å². The molecule has 1 unspecified atom stereocenters.